The molecule has 0 radical (unpaired) electrons. The summed E-state index contributed by atoms with van der Waals surface area (Å²) in [6, 6.07) is 15.8. The number of nitrogens with zero attached hydrogens (tertiary/aromatic N) is 1. The molecule has 0 unspecified atom stereocenters. The number of ether oxygens (including phenoxy) is 1. The lowest BCUT2D eigenvalue weighted by atomic mass is 10.0. The molecule has 0 fully saturated rings. The molecule has 146 valence electrons. The van der Waals surface area contributed by atoms with Crippen LogP contribution in [0, 0.1) is 10.1 Å². The van der Waals surface area contributed by atoms with Gasteiger partial charge in [-0.3, -0.25) is 10.1 Å². The molecule has 0 aliphatic rings. The summed E-state index contributed by atoms with van der Waals surface area (Å²) in [5, 5.41) is 25.0. The summed E-state index contributed by atoms with van der Waals surface area (Å²) < 4.78 is 5.87. The van der Waals surface area contributed by atoms with Gasteiger partial charge in [0.2, 0.25) is 0 Å². The zero-order valence-electron chi connectivity index (χ0n) is 16.1. The Bertz CT molecular complexity index is 711. The minimum atomic E-state index is -0.830. The Morgan fingerprint density at radius 3 is 2.30 bits per heavy atom. The van der Waals surface area contributed by atoms with Crippen molar-refractivity contribution in [2.75, 3.05) is 13.2 Å². The van der Waals surface area contributed by atoms with Crippen molar-refractivity contribution in [2.24, 2.45) is 0 Å². The first-order valence-electron chi connectivity index (χ1n) is 9.10. The molecule has 0 aliphatic heterocycles. The SMILES string of the molecule is CC(C)(C)OC[C@@H](NCCc1ccccc1)[C@H](O)c1ccc([N+](=O)[O-])cc1. The van der Waals surface area contributed by atoms with Gasteiger partial charge in [-0.25, -0.2) is 0 Å². The van der Waals surface area contributed by atoms with Crippen molar-refractivity contribution in [1.82, 2.24) is 5.32 Å². The minimum absolute atomic E-state index is 0.00507. The van der Waals surface area contributed by atoms with Gasteiger partial charge in [0.1, 0.15) is 0 Å². The number of nitro groups is 1. The smallest absolute Gasteiger partial charge is 0.269 e. The van der Waals surface area contributed by atoms with Crippen molar-refractivity contribution in [3.05, 3.63) is 75.8 Å². The molecule has 27 heavy (non-hydrogen) atoms. The Morgan fingerprint density at radius 2 is 1.74 bits per heavy atom. The van der Waals surface area contributed by atoms with E-state index in [1.165, 1.54) is 17.7 Å². The fourth-order valence-corrected chi connectivity index (χ4v) is 2.67. The lowest BCUT2D eigenvalue weighted by Gasteiger charge is -2.28. The molecule has 2 rings (SSSR count). The standard InChI is InChI=1S/C21H28N2O4/c1-21(2,3)27-15-19(22-14-13-16-7-5-4-6-8-16)20(24)17-9-11-18(12-10-17)23(25)26/h4-12,19-20,22,24H,13-15H2,1-3H3/t19-,20-/m1/s1. The largest absolute Gasteiger partial charge is 0.387 e. The summed E-state index contributed by atoms with van der Waals surface area (Å²) in [7, 11) is 0. The lowest BCUT2D eigenvalue weighted by molar-refractivity contribution is -0.384. The summed E-state index contributed by atoms with van der Waals surface area (Å²) in [5.41, 5.74) is 1.51. The molecule has 0 bridgehead atoms. The van der Waals surface area contributed by atoms with Crippen LogP contribution in [0.25, 0.3) is 0 Å². The van der Waals surface area contributed by atoms with Gasteiger partial charge in [0.25, 0.3) is 5.69 Å². The first kappa shape index (κ1) is 21.0. The van der Waals surface area contributed by atoms with E-state index in [9.17, 15) is 15.2 Å². The molecule has 0 saturated heterocycles. The van der Waals surface area contributed by atoms with Crippen molar-refractivity contribution in [3.63, 3.8) is 0 Å². The maximum absolute atomic E-state index is 10.8. The van der Waals surface area contributed by atoms with Crippen LogP contribution in [0.2, 0.25) is 0 Å². The molecule has 0 saturated carbocycles. The fourth-order valence-electron chi connectivity index (χ4n) is 2.67. The van der Waals surface area contributed by atoms with Crippen molar-refractivity contribution in [2.45, 2.75) is 44.9 Å². The summed E-state index contributed by atoms with van der Waals surface area (Å²) in [4.78, 5) is 10.4. The highest BCUT2D eigenvalue weighted by molar-refractivity contribution is 5.34. The predicted molar refractivity (Wildman–Crippen MR) is 106 cm³/mol. The average molecular weight is 372 g/mol. The molecular weight excluding hydrogens is 344 g/mol. The van der Waals surface area contributed by atoms with Gasteiger partial charge in [-0.2, -0.15) is 0 Å². The van der Waals surface area contributed by atoms with Crippen molar-refractivity contribution in [3.8, 4) is 0 Å². The summed E-state index contributed by atoms with van der Waals surface area (Å²) in [6.07, 6.45) is 0.00348. The summed E-state index contributed by atoms with van der Waals surface area (Å²) >= 11 is 0. The second-order valence-electron chi connectivity index (χ2n) is 7.51. The monoisotopic (exact) mass is 372 g/mol. The Kier molecular flexibility index (Phi) is 7.47. The van der Waals surface area contributed by atoms with Crippen molar-refractivity contribution >= 4 is 5.69 Å². The predicted octanol–water partition coefficient (Wildman–Crippen LogP) is 3.64. The number of non-ortho nitro benzene ring substituents is 1. The van der Waals surface area contributed by atoms with E-state index in [0.29, 0.717) is 18.7 Å². The Hall–Kier alpha value is -2.28. The highest BCUT2D eigenvalue weighted by Gasteiger charge is 2.24. The van der Waals surface area contributed by atoms with Crippen LogP contribution in [-0.2, 0) is 11.2 Å². The van der Waals surface area contributed by atoms with E-state index < -0.39 is 11.0 Å². The van der Waals surface area contributed by atoms with Crippen molar-refractivity contribution < 1.29 is 14.8 Å². The van der Waals surface area contributed by atoms with Crippen LogP contribution in [0.1, 0.15) is 38.0 Å². The van der Waals surface area contributed by atoms with Gasteiger partial charge in [-0.05, 0) is 57.0 Å². The van der Waals surface area contributed by atoms with E-state index in [1.54, 1.807) is 12.1 Å². The topological polar surface area (TPSA) is 84.6 Å². The van der Waals surface area contributed by atoms with Gasteiger partial charge in [0.15, 0.2) is 0 Å². The number of nitro benzene ring substituents is 1. The quantitative estimate of drug-likeness (QED) is 0.518. The normalized spacial score (nSPS) is 13.9. The number of aliphatic hydroxyl groups is 1. The molecule has 2 aromatic rings. The first-order valence-corrected chi connectivity index (χ1v) is 9.10. The summed E-state index contributed by atoms with van der Waals surface area (Å²) in [6.45, 7) is 6.91. The van der Waals surface area contributed by atoms with Gasteiger partial charge in [0.05, 0.1) is 29.3 Å². The molecule has 6 heteroatoms. The van der Waals surface area contributed by atoms with Gasteiger partial charge in [-0.15, -0.1) is 0 Å². The molecule has 0 aliphatic carbocycles. The lowest BCUT2D eigenvalue weighted by Crippen LogP contribution is -2.42. The molecule has 0 amide bonds. The fraction of sp³-hybridized carbons (Fsp3) is 0.429. The molecule has 6 nitrogen and oxygen atoms in total. The Labute approximate surface area is 160 Å². The molecule has 0 spiro atoms. The number of aliphatic hydroxyl groups excluding tert-OH is 1. The second kappa shape index (κ2) is 9.60. The third-order valence-electron chi connectivity index (χ3n) is 4.19. The van der Waals surface area contributed by atoms with E-state index in [2.05, 4.69) is 17.4 Å². The van der Waals surface area contributed by atoms with E-state index in [0.717, 1.165) is 6.42 Å². The first-order chi connectivity index (χ1) is 12.8. The molecular formula is C21H28N2O4. The number of nitrogens with one attached hydrogen (secondary N) is 1. The van der Waals surface area contributed by atoms with Gasteiger partial charge in [0, 0.05) is 12.1 Å². The molecule has 2 aromatic carbocycles. The van der Waals surface area contributed by atoms with E-state index in [-0.39, 0.29) is 17.3 Å². The van der Waals surface area contributed by atoms with Gasteiger partial charge in [-0.1, -0.05) is 30.3 Å². The van der Waals surface area contributed by atoms with Crippen LogP contribution in [0.15, 0.2) is 54.6 Å². The molecule has 0 aromatic heterocycles. The average Bonchev–Trinajstić information content (AvgIpc) is 2.64. The molecule has 0 heterocycles. The van der Waals surface area contributed by atoms with Gasteiger partial charge >= 0.3 is 0 Å². The number of hydrogen-bond donors (Lipinski definition) is 2. The van der Waals surface area contributed by atoms with E-state index in [4.69, 9.17) is 4.74 Å². The van der Waals surface area contributed by atoms with Crippen molar-refractivity contribution in [1.29, 1.82) is 0 Å². The van der Waals surface area contributed by atoms with Crippen LogP contribution >= 0.6 is 0 Å². The highest BCUT2D eigenvalue weighted by atomic mass is 16.6. The number of hydrogen-bond acceptors (Lipinski definition) is 5. The van der Waals surface area contributed by atoms with E-state index >= 15 is 0 Å². The van der Waals surface area contributed by atoms with Crippen LogP contribution in [-0.4, -0.2) is 34.8 Å². The van der Waals surface area contributed by atoms with Crippen LogP contribution in [0.3, 0.4) is 0 Å². The molecule has 2 atom stereocenters. The van der Waals surface area contributed by atoms with Crippen LogP contribution in [0.5, 0.6) is 0 Å². The van der Waals surface area contributed by atoms with Crippen LogP contribution < -0.4 is 5.32 Å². The minimum Gasteiger partial charge on any atom is -0.387 e. The third-order valence-corrected chi connectivity index (χ3v) is 4.19. The maximum atomic E-state index is 10.8. The second-order valence-corrected chi connectivity index (χ2v) is 7.51. The maximum Gasteiger partial charge on any atom is 0.269 e. The third kappa shape index (κ3) is 7.09. The van der Waals surface area contributed by atoms with Crippen LogP contribution in [0.4, 0.5) is 5.69 Å². The number of benzene rings is 2. The zero-order valence-corrected chi connectivity index (χ0v) is 16.1. The number of rotatable bonds is 9. The Morgan fingerprint density at radius 1 is 1.11 bits per heavy atom. The molecule has 2 N–H and O–H groups in total. The summed E-state index contributed by atoms with van der Waals surface area (Å²) in [5.74, 6) is 0. The van der Waals surface area contributed by atoms with E-state index in [1.807, 2.05) is 39.0 Å². The highest BCUT2D eigenvalue weighted by Crippen LogP contribution is 2.22. The zero-order chi connectivity index (χ0) is 19.9. The van der Waals surface area contributed by atoms with Gasteiger partial charge < -0.3 is 15.2 Å². The Balaban J connectivity index is 2.04.